The molecule has 0 saturated heterocycles. The van der Waals surface area contributed by atoms with E-state index in [2.05, 4.69) is 18.2 Å². The molecule has 0 aromatic heterocycles. The first kappa shape index (κ1) is 22.3. The van der Waals surface area contributed by atoms with Gasteiger partial charge in [-0.3, -0.25) is 0 Å². The van der Waals surface area contributed by atoms with Crippen LogP contribution in [0, 0.1) is 18.3 Å². The van der Waals surface area contributed by atoms with Crippen LogP contribution >= 0.6 is 0 Å². The molecule has 1 unspecified atom stereocenters. The van der Waals surface area contributed by atoms with Crippen molar-refractivity contribution < 1.29 is 19.1 Å². The molecule has 0 radical (unpaired) electrons. The molecule has 0 bridgehead atoms. The second-order valence-electron chi connectivity index (χ2n) is 6.40. The summed E-state index contributed by atoms with van der Waals surface area (Å²) in [7, 11) is 0. The zero-order chi connectivity index (χ0) is 18.2. The molecule has 138 valence electrons. The molecule has 0 spiro atoms. The summed E-state index contributed by atoms with van der Waals surface area (Å²) < 4.78 is 10.0. The number of amides is 1. The summed E-state index contributed by atoms with van der Waals surface area (Å²) >= 11 is 0. The van der Waals surface area contributed by atoms with Gasteiger partial charge >= 0.3 is 12.1 Å². The number of hydrogen-bond acceptors (Lipinski definition) is 4. The van der Waals surface area contributed by atoms with Gasteiger partial charge in [-0.25, -0.2) is 9.59 Å². The number of terminal acetylenes is 1. The van der Waals surface area contributed by atoms with E-state index in [0.29, 0.717) is 13.0 Å². The summed E-state index contributed by atoms with van der Waals surface area (Å²) in [6.07, 6.45) is 13.0. The molecule has 0 aromatic carbocycles. The number of carbonyl (C=O) groups excluding carboxylic acids is 2. The van der Waals surface area contributed by atoms with Crippen molar-refractivity contribution >= 4 is 12.1 Å². The maximum absolute atomic E-state index is 12.1. The van der Waals surface area contributed by atoms with Gasteiger partial charge in [-0.05, 0) is 18.8 Å². The number of carbonyl (C=O) groups is 2. The van der Waals surface area contributed by atoms with Crippen molar-refractivity contribution in [3.05, 3.63) is 0 Å². The Morgan fingerprint density at radius 2 is 1.67 bits per heavy atom. The maximum atomic E-state index is 12.1. The summed E-state index contributed by atoms with van der Waals surface area (Å²) in [5.41, 5.74) is 0. The smallest absolute Gasteiger partial charge is 0.408 e. The van der Waals surface area contributed by atoms with E-state index in [0.717, 1.165) is 12.8 Å². The number of esters is 1. The lowest BCUT2D eigenvalue weighted by molar-refractivity contribution is -0.146. The summed E-state index contributed by atoms with van der Waals surface area (Å²) in [6.45, 7) is 6.43. The molecule has 1 N–H and O–H groups in total. The van der Waals surface area contributed by atoms with Crippen LogP contribution < -0.4 is 5.32 Å². The third-order valence-electron chi connectivity index (χ3n) is 3.56. The predicted molar refractivity (Wildman–Crippen MR) is 95.5 cm³/mol. The van der Waals surface area contributed by atoms with E-state index in [9.17, 15) is 9.59 Å². The van der Waals surface area contributed by atoms with E-state index in [-0.39, 0.29) is 12.5 Å². The molecular weight excluding hydrogens is 306 g/mol. The molecule has 1 amide bonds. The molecule has 5 heteroatoms. The van der Waals surface area contributed by atoms with E-state index >= 15 is 0 Å². The lowest BCUT2D eigenvalue weighted by Crippen LogP contribution is -2.43. The Labute approximate surface area is 146 Å². The molecular formula is C19H33NO4. The van der Waals surface area contributed by atoms with Gasteiger partial charge in [0.2, 0.25) is 0 Å². The highest BCUT2D eigenvalue weighted by Gasteiger charge is 2.23. The van der Waals surface area contributed by atoms with E-state index in [1.165, 1.54) is 32.1 Å². The van der Waals surface area contributed by atoms with Crippen LogP contribution in [0.3, 0.4) is 0 Å². The van der Waals surface area contributed by atoms with Gasteiger partial charge in [-0.15, -0.1) is 6.42 Å². The van der Waals surface area contributed by atoms with Crippen molar-refractivity contribution in [3.63, 3.8) is 0 Å². The molecule has 24 heavy (non-hydrogen) atoms. The number of rotatable bonds is 13. The number of hydrogen-bond donors (Lipinski definition) is 1. The minimum atomic E-state index is -0.695. The molecule has 0 saturated carbocycles. The highest BCUT2D eigenvalue weighted by molar-refractivity contribution is 5.81. The van der Waals surface area contributed by atoms with Crippen molar-refractivity contribution in [2.45, 2.75) is 78.2 Å². The molecule has 0 rings (SSSR count). The number of alkyl carbamates (subject to hydrolysis) is 1. The fourth-order valence-electron chi connectivity index (χ4n) is 2.31. The molecule has 0 aromatic rings. The van der Waals surface area contributed by atoms with Gasteiger partial charge in [0.05, 0.1) is 6.61 Å². The maximum Gasteiger partial charge on any atom is 0.408 e. The van der Waals surface area contributed by atoms with E-state index in [1.54, 1.807) is 0 Å². The third-order valence-corrected chi connectivity index (χ3v) is 3.56. The van der Waals surface area contributed by atoms with Crippen molar-refractivity contribution in [3.8, 4) is 12.3 Å². The largest absolute Gasteiger partial charge is 0.464 e. The van der Waals surface area contributed by atoms with Crippen molar-refractivity contribution in [2.24, 2.45) is 5.92 Å². The quantitative estimate of drug-likeness (QED) is 0.312. The van der Waals surface area contributed by atoms with Crippen LogP contribution in [0.4, 0.5) is 4.79 Å². The number of nitrogens with one attached hydrogen (secondary N) is 1. The van der Waals surface area contributed by atoms with E-state index < -0.39 is 18.1 Å². The molecule has 0 aliphatic heterocycles. The van der Waals surface area contributed by atoms with E-state index in [4.69, 9.17) is 15.9 Å². The third kappa shape index (κ3) is 12.8. The van der Waals surface area contributed by atoms with Crippen LogP contribution in [0.5, 0.6) is 0 Å². The zero-order valence-corrected chi connectivity index (χ0v) is 15.4. The molecule has 0 aliphatic carbocycles. The monoisotopic (exact) mass is 339 g/mol. The molecule has 5 nitrogen and oxygen atoms in total. The standard InChI is InChI=1S/C19H33NO4/c1-5-7-8-9-10-11-12-14-23-18(21)17(15-16(3)4)20-19(22)24-13-6-2/h2,16-17H,5,7-15H2,1,3-4H3,(H,20,22). The molecule has 0 aliphatic rings. The summed E-state index contributed by atoms with van der Waals surface area (Å²) in [5, 5.41) is 2.53. The predicted octanol–water partition coefficient (Wildman–Crippen LogP) is 4.05. The fraction of sp³-hybridized carbons (Fsp3) is 0.789. The van der Waals surface area contributed by atoms with Crippen molar-refractivity contribution in [1.82, 2.24) is 5.32 Å². The highest BCUT2D eigenvalue weighted by atomic mass is 16.6. The fourth-order valence-corrected chi connectivity index (χ4v) is 2.31. The average molecular weight is 339 g/mol. The Morgan fingerprint density at radius 1 is 1.04 bits per heavy atom. The van der Waals surface area contributed by atoms with Crippen LogP contribution in [-0.2, 0) is 14.3 Å². The first-order valence-electron chi connectivity index (χ1n) is 9.04. The van der Waals surface area contributed by atoms with Crippen molar-refractivity contribution in [2.75, 3.05) is 13.2 Å². The summed E-state index contributed by atoms with van der Waals surface area (Å²) in [6, 6.07) is -0.695. The van der Waals surface area contributed by atoms with Gasteiger partial charge in [0.25, 0.3) is 0 Å². The summed E-state index contributed by atoms with van der Waals surface area (Å²) in [4.78, 5) is 23.7. The molecule has 0 heterocycles. The Morgan fingerprint density at radius 3 is 2.25 bits per heavy atom. The lowest BCUT2D eigenvalue weighted by Gasteiger charge is -2.18. The average Bonchev–Trinajstić information content (AvgIpc) is 2.54. The SMILES string of the molecule is C#CCOC(=O)NC(CC(C)C)C(=O)OCCCCCCCCC. The van der Waals surface area contributed by atoms with Gasteiger partial charge in [-0.2, -0.15) is 0 Å². The second-order valence-corrected chi connectivity index (χ2v) is 6.40. The molecule has 1 atom stereocenters. The van der Waals surface area contributed by atoms with Gasteiger partial charge in [0.15, 0.2) is 6.61 Å². The summed E-state index contributed by atoms with van der Waals surface area (Å²) in [5.74, 6) is 2.04. The minimum absolute atomic E-state index is 0.118. The van der Waals surface area contributed by atoms with E-state index in [1.807, 2.05) is 13.8 Å². The van der Waals surface area contributed by atoms with Gasteiger partial charge < -0.3 is 14.8 Å². The van der Waals surface area contributed by atoms with Crippen LogP contribution in [0.15, 0.2) is 0 Å². The van der Waals surface area contributed by atoms with Gasteiger partial charge in [0, 0.05) is 0 Å². The topological polar surface area (TPSA) is 64.6 Å². The van der Waals surface area contributed by atoms with Crippen LogP contribution in [0.25, 0.3) is 0 Å². The van der Waals surface area contributed by atoms with Crippen molar-refractivity contribution in [1.29, 1.82) is 0 Å². The second kappa shape index (κ2) is 14.9. The zero-order valence-electron chi connectivity index (χ0n) is 15.4. The minimum Gasteiger partial charge on any atom is -0.464 e. The number of unbranched alkanes of at least 4 members (excludes halogenated alkanes) is 6. The first-order valence-corrected chi connectivity index (χ1v) is 9.04. The normalized spacial score (nSPS) is 11.6. The lowest BCUT2D eigenvalue weighted by atomic mass is 10.0. The first-order chi connectivity index (χ1) is 11.5. The van der Waals surface area contributed by atoms with Gasteiger partial charge in [-0.1, -0.05) is 65.2 Å². The Balaban J connectivity index is 4.04. The van der Waals surface area contributed by atoms with Crippen LogP contribution in [-0.4, -0.2) is 31.3 Å². The van der Waals surface area contributed by atoms with Crippen LogP contribution in [0.1, 0.15) is 72.1 Å². The Hall–Kier alpha value is -1.70. The number of ether oxygens (including phenoxy) is 2. The highest BCUT2D eigenvalue weighted by Crippen LogP contribution is 2.09. The van der Waals surface area contributed by atoms with Crippen LogP contribution in [0.2, 0.25) is 0 Å². The van der Waals surface area contributed by atoms with Gasteiger partial charge in [0.1, 0.15) is 6.04 Å². The Bertz CT molecular complexity index is 387. The Kier molecular flexibility index (Phi) is 13.8. The molecule has 0 fully saturated rings.